The Bertz CT molecular complexity index is 1650. The number of aryl methyl sites for hydroxylation is 1. The molecule has 0 aliphatic carbocycles. The van der Waals surface area contributed by atoms with Gasteiger partial charge in [-0.3, -0.25) is 18.8 Å². The zero-order valence-electron chi connectivity index (χ0n) is 22.8. The van der Waals surface area contributed by atoms with Crippen molar-refractivity contribution in [3.63, 3.8) is 0 Å². The fourth-order valence-corrected chi connectivity index (χ4v) is 4.69. The molecule has 0 spiro atoms. The number of carbonyl (C=O) groups is 3. The van der Waals surface area contributed by atoms with Gasteiger partial charge in [0.1, 0.15) is 11.8 Å². The molecule has 3 amide bonds. The third kappa shape index (κ3) is 7.35. The first-order valence-corrected chi connectivity index (χ1v) is 13.5. The summed E-state index contributed by atoms with van der Waals surface area (Å²) in [6, 6.07) is 13.5. The molecular weight excluding hydrogens is 624 g/mol. The molecule has 2 N–H and O–H groups in total. The van der Waals surface area contributed by atoms with E-state index in [1.165, 1.54) is 11.0 Å². The summed E-state index contributed by atoms with van der Waals surface area (Å²) in [4.78, 5) is 42.6. The van der Waals surface area contributed by atoms with Crippen molar-refractivity contribution in [2.45, 2.75) is 13.5 Å². The van der Waals surface area contributed by atoms with Crippen molar-refractivity contribution < 1.29 is 19.1 Å². The number of hydrogen-bond acceptors (Lipinski definition) is 5. The minimum Gasteiger partial charge on any atom is -0.485 e. The van der Waals surface area contributed by atoms with Gasteiger partial charge in [-0.05, 0) is 55.0 Å². The summed E-state index contributed by atoms with van der Waals surface area (Å²) in [5.41, 5.74) is 3.33. The fourth-order valence-electron chi connectivity index (χ4n) is 3.90. The second-order valence-electron chi connectivity index (χ2n) is 8.91. The number of benzene rings is 2. The standard InChI is InChI=1S/C29H26Cl3N5O4.ClH/c1-17-27(32)37-14-4-5-23(28(37)35-17)41-16-20-21(30)11-12-22(26(20)31)36(3)25(39)15-34-24(38)13-8-18-6-9-19(10-7-18)29(40)33-2;/h4-14H,15-16H2,1-3H3,(H,33,40)(H,34,38);1H/b13-8+;. The molecule has 0 atom stereocenters. The van der Waals surface area contributed by atoms with E-state index in [9.17, 15) is 14.4 Å². The molecule has 0 bridgehead atoms. The van der Waals surface area contributed by atoms with Crippen molar-refractivity contribution >= 4 is 82.3 Å². The van der Waals surface area contributed by atoms with Crippen molar-refractivity contribution in [3.05, 3.63) is 98.4 Å². The summed E-state index contributed by atoms with van der Waals surface area (Å²) in [5.74, 6) is -0.566. The number of halogens is 4. The van der Waals surface area contributed by atoms with Crippen molar-refractivity contribution in [1.82, 2.24) is 20.0 Å². The van der Waals surface area contributed by atoms with Gasteiger partial charge < -0.3 is 20.3 Å². The Morgan fingerprint density at radius 1 is 1.07 bits per heavy atom. The van der Waals surface area contributed by atoms with Gasteiger partial charge in [0.25, 0.3) is 5.91 Å². The first kappa shape index (κ1) is 32.8. The molecule has 0 aliphatic rings. The van der Waals surface area contributed by atoms with E-state index in [1.54, 1.807) is 86.2 Å². The Labute approximate surface area is 263 Å². The summed E-state index contributed by atoms with van der Waals surface area (Å²) in [6.45, 7) is 1.56. The van der Waals surface area contributed by atoms with Crippen LogP contribution in [-0.4, -0.2) is 47.7 Å². The first-order valence-electron chi connectivity index (χ1n) is 12.4. The number of carbonyl (C=O) groups excluding carboxylic acids is 3. The predicted octanol–water partition coefficient (Wildman–Crippen LogP) is 5.76. The van der Waals surface area contributed by atoms with E-state index < -0.39 is 11.8 Å². The molecule has 0 fully saturated rings. The lowest BCUT2D eigenvalue weighted by Crippen LogP contribution is -2.37. The largest absolute Gasteiger partial charge is 0.485 e. The van der Waals surface area contributed by atoms with Crippen LogP contribution in [-0.2, 0) is 16.2 Å². The molecule has 2 aromatic heterocycles. The normalized spacial score (nSPS) is 10.8. The number of nitrogens with one attached hydrogen (secondary N) is 2. The average molecular weight is 651 g/mol. The third-order valence-corrected chi connectivity index (χ3v) is 7.46. The Kier molecular flexibility index (Phi) is 11.2. The molecule has 13 heteroatoms. The van der Waals surface area contributed by atoms with Crippen LogP contribution in [0.2, 0.25) is 15.2 Å². The van der Waals surface area contributed by atoms with Crippen LogP contribution in [0.15, 0.2) is 60.8 Å². The second-order valence-corrected chi connectivity index (χ2v) is 10.0. The Morgan fingerprint density at radius 3 is 2.48 bits per heavy atom. The van der Waals surface area contributed by atoms with Gasteiger partial charge >= 0.3 is 0 Å². The molecule has 0 aliphatic heterocycles. The van der Waals surface area contributed by atoms with Gasteiger partial charge in [-0.2, -0.15) is 0 Å². The van der Waals surface area contributed by atoms with Gasteiger partial charge in [-0.1, -0.05) is 46.9 Å². The molecule has 9 nitrogen and oxygen atoms in total. The molecule has 4 rings (SSSR count). The van der Waals surface area contributed by atoms with Crippen molar-refractivity contribution in [2.24, 2.45) is 0 Å². The van der Waals surface area contributed by atoms with Gasteiger partial charge in [-0.25, -0.2) is 4.98 Å². The Balaban J connectivity index is 0.00000484. The second kappa shape index (κ2) is 14.4. The van der Waals surface area contributed by atoms with Gasteiger partial charge in [-0.15, -0.1) is 12.4 Å². The van der Waals surface area contributed by atoms with E-state index >= 15 is 0 Å². The Morgan fingerprint density at radius 2 is 1.79 bits per heavy atom. The lowest BCUT2D eigenvalue weighted by molar-refractivity contribution is -0.122. The predicted molar refractivity (Wildman–Crippen MR) is 168 cm³/mol. The molecule has 0 unspecified atom stereocenters. The van der Waals surface area contributed by atoms with Gasteiger partial charge in [0, 0.05) is 42.5 Å². The van der Waals surface area contributed by atoms with E-state index in [4.69, 9.17) is 39.5 Å². The van der Waals surface area contributed by atoms with Crippen LogP contribution in [0, 0.1) is 6.92 Å². The molecule has 2 heterocycles. The SMILES string of the molecule is CNC(=O)c1ccc(/C=C/C(=O)NCC(=O)N(C)c2ccc(Cl)c(COc3cccn4c(Cl)c(C)nc34)c2Cl)cc1.Cl. The number of hydrogen-bond donors (Lipinski definition) is 2. The summed E-state index contributed by atoms with van der Waals surface area (Å²) < 4.78 is 7.71. The maximum atomic E-state index is 12.9. The third-order valence-electron chi connectivity index (χ3n) is 6.23. The molecule has 0 radical (unpaired) electrons. The van der Waals surface area contributed by atoms with Crippen LogP contribution in [0.4, 0.5) is 5.69 Å². The molecule has 4 aromatic rings. The highest BCUT2D eigenvalue weighted by Gasteiger charge is 2.20. The lowest BCUT2D eigenvalue weighted by Gasteiger charge is -2.21. The minimum absolute atomic E-state index is 0. The monoisotopic (exact) mass is 649 g/mol. The van der Waals surface area contributed by atoms with E-state index in [2.05, 4.69) is 15.6 Å². The number of rotatable bonds is 9. The van der Waals surface area contributed by atoms with E-state index in [0.717, 1.165) is 5.56 Å². The molecule has 0 saturated heterocycles. The first-order chi connectivity index (χ1) is 19.6. The number of pyridine rings is 1. The summed E-state index contributed by atoms with van der Waals surface area (Å²) in [5, 5.41) is 6.20. The van der Waals surface area contributed by atoms with Gasteiger partial charge in [0.2, 0.25) is 11.8 Å². The fraction of sp³-hybridized carbons (Fsp3) is 0.172. The maximum Gasteiger partial charge on any atom is 0.251 e. The van der Waals surface area contributed by atoms with E-state index in [1.807, 2.05) is 0 Å². The van der Waals surface area contributed by atoms with Crippen LogP contribution in [0.5, 0.6) is 5.75 Å². The lowest BCUT2D eigenvalue weighted by atomic mass is 10.1. The van der Waals surface area contributed by atoms with Crippen LogP contribution in [0.1, 0.15) is 27.2 Å². The molecule has 42 heavy (non-hydrogen) atoms. The summed E-state index contributed by atoms with van der Waals surface area (Å²) in [6.07, 6.45) is 4.67. The average Bonchev–Trinajstić information content (AvgIpc) is 3.27. The van der Waals surface area contributed by atoms with Crippen molar-refractivity contribution in [3.8, 4) is 5.75 Å². The number of fused-ring (bicyclic) bond motifs is 1. The highest BCUT2D eigenvalue weighted by atomic mass is 35.5. The number of likely N-dealkylation sites (N-methyl/N-ethyl adjacent to an activating group) is 1. The number of anilines is 1. The zero-order chi connectivity index (χ0) is 29.7. The number of imidazole rings is 1. The van der Waals surface area contributed by atoms with Gasteiger partial charge in [0.05, 0.1) is 22.9 Å². The summed E-state index contributed by atoms with van der Waals surface area (Å²) >= 11 is 19.4. The number of aromatic nitrogens is 2. The Hall–Kier alpha value is -3.76. The number of amides is 3. The molecule has 0 saturated carbocycles. The van der Waals surface area contributed by atoms with Gasteiger partial charge in [0.15, 0.2) is 11.4 Å². The smallest absolute Gasteiger partial charge is 0.251 e. The van der Waals surface area contributed by atoms with Crippen molar-refractivity contribution in [1.29, 1.82) is 0 Å². The zero-order valence-corrected chi connectivity index (χ0v) is 25.9. The van der Waals surface area contributed by atoms with E-state index in [0.29, 0.717) is 44.1 Å². The van der Waals surface area contributed by atoms with Crippen molar-refractivity contribution in [2.75, 3.05) is 25.5 Å². The van der Waals surface area contributed by atoms with E-state index in [-0.39, 0.29) is 36.5 Å². The molecule has 2 aromatic carbocycles. The molecule has 220 valence electrons. The summed E-state index contributed by atoms with van der Waals surface area (Å²) in [7, 11) is 3.10. The highest BCUT2D eigenvalue weighted by Crippen LogP contribution is 2.35. The number of ether oxygens (including phenoxy) is 1. The van der Waals surface area contributed by atoms with Crippen LogP contribution < -0.4 is 20.3 Å². The molecular formula is C29H27Cl4N5O4. The van der Waals surface area contributed by atoms with Crippen LogP contribution in [0.25, 0.3) is 11.7 Å². The van der Waals surface area contributed by atoms with Crippen LogP contribution >= 0.6 is 47.2 Å². The maximum absolute atomic E-state index is 12.9. The highest BCUT2D eigenvalue weighted by molar-refractivity contribution is 6.38. The minimum atomic E-state index is -0.457. The number of nitrogens with zero attached hydrogens (tertiary/aromatic N) is 3. The quantitative estimate of drug-likeness (QED) is 0.224. The van der Waals surface area contributed by atoms with Crippen LogP contribution in [0.3, 0.4) is 0 Å². The topological polar surface area (TPSA) is 105 Å².